The van der Waals surface area contributed by atoms with Crippen LogP contribution in [-0.4, -0.2) is 22.6 Å². The number of rotatable bonds is 5. The Hall–Kier alpha value is -1.82. The van der Waals surface area contributed by atoms with Crippen molar-refractivity contribution >= 4 is 29.2 Å². The molecule has 6 heteroatoms. The molecule has 0 saturated heterocycles. The number of fused-ring (bicyclic) bond motifs is 1. The summed E-state index contributed by atoms with van der Waals surface area (Å²) in [4.78, 5) is 13.9. The van der Waals surface area contributed by atoms with Gasteiger partial charge in [0.1, 0.15) is 11.3 Å². The number of aromatic nitrogens is 2. The first-order valence-electron chi connectivity index (χ1n) is 5.67. The van der Waals surface area contributed by atoms with Crippen molar-refractivity contribution in [3.8, 4) is 5.75 Å². The van der Waals surface area contributed by atoms with E-state index in [0.717, 1.165) is 16.8 Å². The Morgan fingerprint density at radius 3 is 3.00 bits per heavy atom. The maximum Gasteiger partial charge on any atom is 0.217 e. The Balaban J connectivity index is 2.36. The molecule has 1 amide bonds. The molecule has 0 aliphatic carbocycles. The Morgan fingerprint density at radius 2 is 2.33 bits per heavy atom. The molecule has 18 heavy (non-hydrogen) atoms. The van der Waals surface area contributed by atoms with Gasteiger partial charge in [-0.1, -0.05) is 6.07 Å². The second-order valence-corrected chi connectivity index (χ2v) is 4.39. The fourth-order valence-electron chi connectivity index (χ4n) is 1.96. The van der Waals surface area contributed by atoms with E-state index in [0.29, 0.717) is 24.2 Å². The van der Waals surface area contributed by atoms with Crippen molar-refractivity contribution < 1.29 is 9.53 Å². The Bertz CT molecular complexity index is 630. The van der Waals surface area contributed by atoms with Gasteiger partial charge in [-0.25, -0.2) is 0 Å². The molecule has 2 rings (SSSR count). The summed E-state index contributed by atoms with van der Waals surface area (Å²) in [5.74, 6) is 0.464. The number of hydrogen-bond acceptors (Lipinski definition) is 3. The van der Waals surface area contributed by atoms with Crippen LogP contribution >= 0.6 is 12.2 Å². The van der Waals surface area contributed by atoms with Gasteiger partial charge < -0.3 is 20.0 Å². The predicted octanol–water partition coefficient (Wildman–Crippen LogP) is 1.97. The highest BCUT2D eigenvalue weighted by Crippen LogP contribution is 2.24. The van der Waals surface area contributed by atoms with Gasteiger partial charge in [-0.15, -0.1) is 0 Å². The predicted molar refractivity (Wildman–Crippen MR) is 72.1 cm³/mol. The molecule has 5 nitrogen and oxygen atoms in total. The highest BCUT2D eigenvalue weighted by molar-refractivity contribution is 7.71. The zero-order valence-electron chi connectivity index (χ0n) is 10.1. The van der Waals surface area contributed by atoms with Crippen LogP contribution in [0.15, 0.2) is 18.2 Å². The summed E-state index contributed by atoms with van der Waals surface area (Å²) in [6.07, 6.45) is 1.03. The lowest BCUT2D eigenvalue weighted by atomic mass is 10.2. The standard InChI is InChI=1S/C12H15N3O2S/c1-17-9-5-2-4-8-11(9)14-12(18)15(8)7-3-6-10(13)16/h2,4-5H,3,6-7H2,1H3,(H2,13,16)(H,14,18). The third-order valence-corrected chi connectivity index (χ3v) is 3.12. The molecule has 1 aromatic heterocycles. The summed E-state index contributed by atoms with van der Waals surface area (Å²) in [6, 6.07) is 5.75. The topological polar surface area (TPSA) is 73.0 Å². The normalized spacial score (nSPS) is 10.7. The minimum Gasteiger partial charge on any atom is -0.494 e. The van der Waals surface area contributed by atoms with Crippen LogP contribution < -0.4 is 10.5 Å². The number of aryl methyl sites for hydroxylation is 1. The van der Waals surface area contributed by atoms with E-state index in [2.05, 4.69) is 4.98 Å². The number of nitrogens with zero attached hydrogens (tertiary/aromatic N) is 1. The highest BCUT2D eigenvalue weighted by Gasteiger charge is 2.08. The van der Waals surface area contributed by atoms with Crippen LogP contribution in [0.3, 0.4) is 0 Å². The van der Waals surface area contributed by atoms with E-state index in [9.17, 15) is 4.79 Å². The minimum atomic E-state index is -0.293. The summed E-state index contributed by atoms with van der Waals surface area (Å²) in [5, 5.41) is 0. The zero-order chi connectivity index (χ0) is 13.1. The largest absolute Gasteiger partial charge is 0.494 e. The number of carbonyl (C=O) groups excluding carboxylic acids is 1. The van der Waals surface area contributed by atoms with Crippen molar-refractivity contribution in [1.82, 2.24) is 9.55 Å². The molecule has 0 bridgehead atoms. The molecule has 0 fully saturated rings. The lowest BCUT2D eigenvalue weighted by Gasteiger charge is -2.04. The smallest absolute Gasteiger partial charge is 0.217 e. The highest BCUT2D eigenvalue weighted by atomic mass is 32.1. The number of amides is 1. The third kappa shape index (κ3) is 2.38. The van der Waals surface area contributed by atoms with Crippen LogP contribution in [0.25, 0.3) is 11.0 Å². The number of carbonyl (C=O) groups is 1. The molecule has 1 heterocycles. The number of para-hydroxylation sites is 1. The van der Waals surface area contributed by atoms with Crippen molar-refractivity contribution in [3.05, 3.63) is 23.0 Å². The van der Waals surface area contributed by atoms with E-state index < -0.39 is 0 Å². The second kappa shape index (κ2) is 5.22. The molecule has 96 valence electrons. The van der Waals surface area contributed by atoms with Crippen molar-refractivity contribution in [2.75, 3.05) is 7.11 Å². The number of nitrogens with one attached hydrogen (secondary N) is 1. The molecule has 0 unspecified atom stereocenters. The molecule has 3 N–H and O–H groups in total. The number of benzene rings is 1. The third-order valence-electron chi connectivity index (χ3n) is 2.80. The first kappa shape index (κ1) is 12.6. The molecule has 0 atom stereocenters. The van der Waals surface area contributed by atoms with Gasteiger partial charge in [0.15, 0.2) is 4.77 Å². The van der Waals surface area contributed by atoms with E-state index in [-0.39, 0.29) is 5.91 Å². The van der Waals surface area contributed by atoms with Crippen molar-refractivity contribution in [3.63, 3.8) is 0 Å². The number of H-pyrrole nitrogens is 1. The van der Waals surface area contributed by atoms with E-state index in [1.807, 2.05) is 22.8 Å². The molecule has 0 aliphatic heterocycles. The molecule has 0 aliphatic rings. The van der Waals surface area contributed by atoms with E-state index in [1.54, 1.807) is 7.11 Å². The molecule has 0 spiro atoms. The van der Waals surface area contributed by atoms with Gasteiger partial charge in [-0.05, 0) is 30.8 Å². The number of ether oxygens (including phenoxy) is 1. The average molecular weight is 265 g/mol. The molecule has 2 aromatic rings. The summed E-state index contributed by atoms with van der Waals surface area (Å²) in [6.45, 7) is 0.662. The number of imidazole rings is 1. The van der Waals surface area contributed by atoms with Crippen molar-refractivity contribution in [2.24, 2.45) is 5.73 Å². The number of hydrogen-bond donors (Lipinski definition) is 2. The lowest BCUT2D eigenvalue weighted by molar-refractivity contribution is -0.118. The Morgan fingerprint density at radius 1 is 1.56 bits per heavy atom. The fraction of sp³-hybridized carbons (Fsp3) is 0.333. The monoisotopic (exact) mass is 265 g/mol. The lowest BCUT2D eigenvalue weighted by Crippen LogP contribution is -2.11. The Labute approximate surface area is 110 Å². The van der Waals surface area contributed by atoms with Crippen molar-refractivity contribution in [2.45, 2.75) is 19.4 Å². The molecular formula is C12H15N3O2S. The van der Waals surface area contributed by atoms with Crippen molar-refractivity contribution in [1.29, 1.82) is 0 Å². The summed E-state index contributed by atoms with van der Waals surface area (Å²) < 4.78 is 7.85. The number of primary amides is 1. The van der Waals surface area contributed by atoms with Gasteiger partial charge in [-0.2, -0.15) is 0 Å². The van der Waals surface area contributed by atoms with E-state index in [1.165, 1.54) is 0 Å². The zero-order valence-corrected chi connectivity index (χ0v) is 10.9. The van der Waals surface area contributed by atoms with Crippen LogP contribution in [0.2, 0.25) is 0 Å². The quantitative estimate of drug-likeness (QED) is 0.812. The van der Waals surface area contributed by atoms with E-state index >= 15 is 0 Å². The molecule has 0 radical (unpaired) electrons. The number of methoxy groups -OCH3 is 1. The molecule has 1 aromatic carbocycles. The van der Waals surface area contributed by atoms with Crippen LogP contribution in [-0.2, 0) is 11.3 Å². The van der Waals surface area contributed by atoms with Gasteiger partial charge in [0.05, 0.1) is 12.6 Å². The first-order chi connectivity index (χ1) is 8.63. The SMILES string of the molecule is COc1cccc2c1[nH]c(=S)n2CCCC(N)=O. The summed E-state index contributed by atoms with van der Waals surface area (Å²) >= 11 is 5.28. The number of aromatic amines is 1. The number of nitrogens with two attached hydrogens (primary N) is 1. The summed E-state index contributed by atoms with van der Waals surface area (Å²) in [5.41, 5.74) is 6.98. The molecular weight excluding hydrogens is 250 g/mol. The first-order valence-corrected chi connectivity index (χ1v) is 6.08. The summed E-state index contributed by atoms with van der Waals surface area (Å²) in [7, 11) is 1.62. The van der Waals surface area contributed by atoms with Crippen LogP contribution in [0.1, 0.15) is 12.8 Å². The van der Waals surface area contributed by atoms with Gasteiger partial charge >= 0.3 is 0 Å². The maximum absolute atomic E-state index is 10.7. The molecule has 0 saturated carbocycles. The van der Waals surface area contributed by atoms with Crippen LogP contribution in [0.5, 0.6) is 5.75 Å². The van der Waals surface area contributed by atoms with Gasteiger partial charge in [0, 0.05) is 13.0 Å². The Kier molecular flexibility index (Phi) is 3.66. The van der Waals surface area contributed by atoms with Gasteiger partial charge in [0.2, 0.25) is 5.91 Å². The van der Waals surface area contributed by atoms with Gasteiger partial charge in [-0.3, -0.25) is 4.79 Å². The average Bonchev–Trinajstić information content (AvgIpc) is 2.65. The fourth-order valence-corrected chi connectivity index (χ4v) is 2.25. The minimum absolute atomic E-state index is 0.293. The maximum atomic E-state index is 10.7. The van der Waals surface area contributed by atoms with Crippen LogP contribution in [0.4, 0.5) is 0 Å². The second-order valence-electron chi connectivity index (χ2n) is 4.01. The van der Waals surface area contributed by atoms with E-state index in [4.69, 9.17) is 22.7 Å². The van der Waals surface area contributed by atoms with Crippen LogP contribution in [0, 0.1) is 4.77 Å². The van der Waals surface area contributed by atoms with Gasteiger partial charge in [0.25, 0.3) is 0 Å².